The Morgan fingerprint density at radius 1 is 1.53 bits per heavy atom. The Bertz CT molecular complexity index is 488. The number of morpholine rings is 1. The van der Waals surface area contributed by atoms with Crippen LogP contribution in [0.1, 0.15) is 29.8 Å². The molecule has 1 N–H and O–H groups in total. The maximum atomic E-state index is 14.0. The molecule has 0 atom stereocenters. The lowest BCUT2D eigenvalue weighted by molar-refractivity contribution is -0.0884. The topological polar surface area (TPSA) is 49.8 Å². The Morgan fingerprint density at radius 3 is 2.89 bits per heavy atom. The second kappa shape index (κ2) is 5.27. The Balaban J connectivity index is 2.15. The van der Waals surface area contributed by atoms with E-state index in [-0.39, 0.29) is 11.2 Å². The van der Waals surface area contributed by atoms with Crippen molar-refractivity contribution < 1.29 is 19.0 Å². The predicted octanol–water partition coefficient (Wildman–Crippen LogP) is 2.13. The minimum Gasteiger partial charge on any atom is -0.478 e. The maximum Gasteiger partial charge on any atom is 0.338 e. The summed E-state index contributed by atoms with van der Waals surface area (Å²) in [6.45, 7) is 6.41. The van der Waals surface area contributed by atoms with E-state index in [1.165, 1.54) is 6.07 Å². The molecule has 0 amide bonds. The third-order valence-electron chi connectivity index (χ3n) is 3.21. The van der Waals surface area contributed by atoms with Gasteiger partial charge < -0.3 is 9.84 Å². The van der Waals surface area contributed by atoms with Gasteiger partial charge in [0, 0.05) is 25.2 Å². The summed E-state index contributed by atoms with van der Waals surface area (Å²) in [4.78, 5) is 13.0. The van der Waals surface area contributed by atoms with Crippen LogP contribution in [0.2, 0.25) is 0 Å². The Hall–Kier alpha value is -1.46. The maximum absolute atomic E-state index is 14.0. The molecule has 0 aromatic heterocycles. The van der Waals surface area contributed by atoms with Crippen LogP contribution in [0.15, 0.2) is 18.2 Å². The van der Waals surface area contributed by atoms with Crippen molar-refractivity contribution in [3.63, 3.8) is 0 Å². The number of halogens is 1. The molecule has 0 aliphatic carbocycles. The molecule has 0 unspecified atom stereocenters. The number of nitrogens with zero attached hydrogens (tertiary/aromatic N) is 1. The molecule has 0 bridgehead atoms. The van der Waals surface area contributed by atoms with E-state index in [1.807, 2.05) is 13.8 Å². The van der Waals surface area contributed by atoms with Crippen LogP contribution >= 0.6 is 0 Å². The van der Waals surface area contributed by atoms with Gasteiger partial charge in [-0.3, -0.25) is 4.90 Å². The monoisotopic (exact) mass is 267 g/mol. The van der Waals surface area contributed by atoms with E-state index in [4.69, 9.17) is 9.84 Å². The van der Waals surface area contributed by atoms with E-state index in [1.54, 1.807) is 12.1 Å². The largest absolute Gasteiger partial charge is 0.478 e. The molecule has 4 nitrogen and oxygen atoms in total. The lowest BCUT2D eigenvalue weighted by atomic mass is 10.1. The minimum absolute atomic E-state index is 0.251. The van der Waals surface area contributed by atoms with Crippen LogP contribution in [0.4, 0.5) is 4.39 Å². The fourth-order valence-corrected chi connectivity index (χ4v) is 2.36. The first-order valence-electron chi connectivity index (χ1n) is 6.26. The van der Waals surface area contributed by atoms with Crippen LogP contribution in [0, 0.1) is 5.82 Å². The number of aromatic carboxylic acids is 1. The number of hydrogen-bond acceptors (Lipinski definition) is 3. The van der Waals surface area contributed by atoms with E-state index < -0.39 is 11.8 Å². The zero-order valence-corrected chi connectivity index (χ0v) is 11.1. The second-order valence-electron chi connectivity index (χ2n) is 5.40. The third kappa shape index (κ3) is 3.30. The van der Waals surface area contributed by atoms with Gasteiger partial charge in [0.2, 0.25) is 0 Å². The number of carbonyl (C=O) groups is 1. The van der Waals surface area contributed by atoms with E-state index in [0.29, 0.717) is 25.3 Å². The summed E-state index contributed by atoms with van der Waals surface area (Å²) in [5, 5.41) is 8.91. The third-order valence-corrected chi connectivity index (χ3v) is 3.21. The zero-order valence-electron chi connectivity index (χ0n) is 11.1. The summed E-state index contributed by atoms with van der Waals surface area (Å²) in [6.07, 6.45) is 0. The van der Waals surface area contributed by atoms with Crippen LogP contribution in [-0.2, 0) is 11.3 Å². The minimum atomic E-state index is -1.23. The highest BCUT2D eigenvalue weighted by molar-refractivity contribution is 5.88. The lowest BCUT2D eigenvalue weighted by Crippen LogP contribution is -2.47. The number of hydrogen-bond donors (Lipinski definition) is 1. The molecule has 1 fully saturated rings. The SMILES string of the molecule is CC1(C)CN(Cc2cccc(C(=O)O)c2F)CCO1. The van der Waals surface area contributed by atoms with Gasteiger partial charge in [0.15, 0.2) is 0 Å². The normalized spacial score (nSPS) is 19.3. The highest BCUT2D eigenvalue weighted by Gasteiger charge is 2.27. The highest BCUT2D eigenvalue weighted by atomic mass is 19.1. The van der Waals surface area contributed by atoms with Gasteiger partial charge in [0.05, 0.1) is 17.8 Å². The molecule has 0 spiro atoms. The van der Waals surface area contributed by atoms with Crippen LogP contribution in [0.3, 0.4) is 0 Å². The average molecular weight is 267 g/mol. The zero-order chi connectivity index (χ0) is 14.0. The van der Waals surface area contributed by atoms with Crippen LogP contribution in [0.25, 0.3) is 0 Å². The summed E-state index contributed by atoms with van der Waals surface area (Å²) in [7, 11) is 0. The molecule has 0 saturated carbocycles. The molecule has 1 aliphatic heterocycles. The fraction of sp³-hybridized carbons (Fsp3) is 0.500. The van der Waals surface area contributed by atoms with Gasteiger partial charge in [-0.25, -0.2) is 9.18 Å². The van der Waals surface area contributed by atoms with Crippen molar-refractivity contribution >= 4 is 5.97 Å². The van der Waals surface area contributed by atoms with Gasteiger partial charge in [0.25, 0.3) is 0 Å². The molecule has 5 heteroatoms. The van der Waals surface area contributed by atoms with Gasteiger partial charge in [-0.05, 0) is 19.9 Å². The molecule has 1 saturated heterocycles. The van der Waals surface area contributed by atoms with Crippen LogP contribution < -0.4 is 0 Å². The predicted molar refractivity (Wildman–Crippen MR) is 68.7 cm³/mol. The molecule has 19 heavy (non-hydrogen) atoms. The molecule has 104 valence electrons. The fourth-order valence-electron chi connectivity index (χ4n) is 2.36. The quantitative estimate of drug-likeness (QED) is 0.911. The number of rotatable bonds is 3. The molecular formula is C14H18FNO3. The lowest BCUT2D eigenvalue weighted by Gasteiger charge is -2.38. The van der Waals surface area contributed by atoms with Crippen molar-refractivity contribution in [3.8, 4) is 0 Å². The molecule has 1 aromatic carbocycles. The van der Waals surface area contributed by atoms with Gasteiger partial charge in [0.1, 0.15) is 5.82 Å². The first-order chi connectivity index (χ1) is 8.89. The van der Waals surface area contributed by atoms with Crippen molar-refractivity contribution in [2.45, 2.75) is 26.0 Å². The van der Waals surface area contributed by atoms with Crippen LogP contribution in [0.5, 0.6) is 0 Å². The van der Waals surface area contributed by atoms with Crippen molar-refractivity contribution in [1.82, 2.24) is 4.90 Å². The van der Waals surface area contributed by atoms with Crippen molar-refractivity contribution in [3.05, 3.63) is 35.1 Å². The van der Waals surface area contributed by atoms with E-state index in [0.717, 1.165) is 6.54 Å². The Kier molecular flexibility index (Phi) is 3.87. The van der Waals surface area contributed by atoms with Gasteiger partial charge in [-0.15, -0.1) is 0 Å². The standard InChI is InChI=1S/C14H18FNO3/c1-14(2)9-16(6-7-19-14)8-10-4-3-5-11(12(10)15)13(17)18/h3-5H,6-9H2,1-2H3,(H,17,18). The van der Waals surface area contributed by atoms with Crippen molar-refractivity contribution in [2.24, 2.45) is 0 Å². The number of benzene rings is 1. The molecule has 2 rings (SSSR count). The summed E-state index contributed by atoms with van der Waals surface area (Å²) in [5.41, 5.74) is -0.110. The second-order valence-corrected chi connectivity index (χ2v) is 5.40. The van der Waals surface area contributed by atoms with Gasteiger partial charge >= 0.3 is 5.97 Å². The van der Waals surface area contributed by atoms with Crippen molar-refractivity contribution in [1.29, 1.82) is 0 Å². The molecular weight excluding hydrogens is 249 g/mol. The van der Waals surface area contributed by atoms with Gasteiger partial charge in [-0.2, -0.15) is 0 Å². The highest BCUT2D eigenvalue weighted by Crippen LogP contribution is 2.20. The van der Waals surface area contributed by atoms with Gasteiger partial charge in [-0.1, -0.05) is 12.1 Å². The molecule has 1 aromatic rings. The summed E-state index contributed by atoms with van der Waals surface area (Å²) in [5.74, 6) is -1.87. The summed E-state index contributed by atoms with van der Waals surface area (Å²) < 4.78 is 19.6. The molecule has 1 heterocycles. The smallest absolute Gasteiger partial charge is 0.338 e. The van der Waals surface area contributed by atoms with E-state index >= 15 is 0 Å². The average Bonchev–Trinajstić information content (AvgIpc) is 2.30. The van der Waals surface area contributed by atoms with Crippen molar-refractivity contribution in [2.75, 3.05) is 19.7 Å². The number of carboxylic acids is 1. The summed E-state index contributed by atoms with van der Waals surface area (Å²) in [6, 6.07) is 4.49. The Labute approximate surface area is 111 Å². The number of carboxylic acid groups (broad SMARTS) is 1. The van der Waals surface area contributed by atoms with E-state index in [9.17, 15) is 9.18 Å². The summed E-state index contributed by atoms with van der Waals surface area (Å²) >= 11 is 0. The van der Waals surface area contributed by atoms with E-state index in [2.05, 4.69) is 4.90 Å². The van der Waals surface area contributed by atoms with Crippen LogP contribution in [-0.4, -0.2) is 41.3 Å². The first-order valence-corrected chi connectivity index (χ1v) is 6.26. The molecule has 0 radical (unpaired) electrons. The Morgan fingerprint density at radius 2 is 2.26 bits per heavy atom. The number of ether oxygens (including phenoxy) is 1. The first kappa shape index (κ1) is 14.0. The molecule has 1 aliphatic rings.